The van der Waals surface area contributed by atoms with Gasteiger partial charge in [-0.3, -0.25) is 14.9 Å². The molecule has 0 spiro atoms. The Kier molecular flexibility index (Phi) is 6.97. The lowest BCUT2D eigenvalue weighted by Gasteiger charge is -2.11. The van der Waals surface area contributed by atoms with Gasteiger partial charge in [0.15, 0.2) is 6.61 Å². The molecule has 0 aromatic heterocycles. The van der Waals surface area contributed by atoms with Gasteiger partial charge >= 0.3 is 5.97 Å². The highest BCUT2D eigenvalue weighted by atomic mass is 16.6. The topological polar surface area (TPSA) is 117 Å². The minimum absolute atomic E-state index is 0.0411. The van der Waals surface area contributed by atoms with Gasteiger partial charge in [-0.15, -0.1) is 0 Å². The molecule has 9 heteroatoms. The van der Waals surface area contributed by atoms with Crippen LogP contribution in [0.5, 0.6) is 5.75 Å². The number of nitrogens with zero attached hydrogens (tertiary/aromatic N) is 1. The van der Waals surface area contributed by atoms with Gasteiger partial charge in [0.2, 0.25) is 0 Å². The van der Waals surface area contributed by atoms with Crippen molar-refractivity contribution >= 4 is 23.3 Å². The molecule has 2 aromatic rings. The summed E-state index contributed by atoms with van der Waals surface area (Å²) in [7, 11) is 0. The SMILES string of the molecule is Cc1ccc(NC(=O)COC(=O)c2ccc(OC[C@H]3CCCO3)cc2)c([N+](=O)[O-])c1. The van der Waals surface area contributed by atoms with Crippen LogP contribution in [-0.2, 0) is 14.3 Å². The van der Waals surface area contributed by atoms with Gasteiger partial charge in [-0.05, 0) is 55.7 Å². The van der Waals surface area contributed by atoms with Crippen molar-refractivity contribution in [1.82, 2.24) is 0 Å². The van der Waals surface area contributed by atoms with Crippen LogP contribution in [0.15, 0.2) is 42.5 Å². The third-order valence-corrected chi connectivity index (χ3v) is 4.51. The number of anilines is 1. The fraction of sp³-hybridized carbons (Fsp3) is 0.333. The lowest BCUT2D eigenvalue weighted by molar-refractivity contribution is -0.384. The molecular weight excluding hydrogens is 392 g/mol. The van der Waals surface area contributed by atoms with E-state index in [1.165, 1.54) is 24.3 Å². The van der Waals surface area contributed by atoms with Crippen molar-refractivity contribution in [3.05, 3.63) is 63.7 Å². The van der Waals surface area contributed by atoms with Crippen molar-refractivity contribution in [2.75, 3.05) is 25.1 Å². The predicted octanol–water partition coefficient (Wildman–Crippen LogP) is 3.26. The van der Waals surface area contributed by atoms with Crippen molar-refractivity contribution in [3.63, 3.8) is 0 Å². The zero-order chi connectivity index (χ0) is 21.5. The molecule has 1 aliphatic heterocycles. The number of ether oxygens (including phenoxy) is 3. The number of rotatable bonds is 8. The maximum Gasteiger partial charge on any atom is 0.338 e. The summed E-state index contributed by atoms with van der Waals surface area (Å²) in [5, 5.41) is 13.5. The standard InChI is InChI=1S/C21H22N2O7/c1-14-4-9-18(19(11-14)23(26)27)22-20(24)13-30-21(25)15-5-7-16(8-6-15)29-12-17-3-2-10-28-17/h4-9,11,17H,2-3,10,12-13H2,1H3,(H,22,24)/t17-/m1/s1. The number of carbonyl (C=O) groups is 2. The lowest BCUT2D eigenvalue weighted by Crippen LogP contribution is -2.21. The number of benzene rings is 2. The Hall–Kier alpha value is -3.46. The van der Waals surface area contributed by atoms with Gasteiger partial charge in [0.1, 0.15) is 18.0 Å². The summed E-state index contributed by atoms with van der Waals surface area (Å²) in [6.45, 7) is 2.35. The molecule has 0 bridgehead atoms. The molecule has 1 N–H and O–H groups in total. The number of carbonyl (C=O) groups excluding carboxylic acids is 2. The minimum Gasteiger partial charge on any atom is -0.491 e. The van der Waals surface area contributed by atoms with Gasteiger partial charge < -0.3 is 19.5 Å². The molecule has 0 unspecified atom stereocenters. The number of nitro groups is 1. The van der Waals surface area contributed by atoms with E-state index in [-0.39, 0.29) is 23.0 Å². The monoisotopic (exact) mass is 414 g/mol. The first-order valence-corrected chi connectivity index (χ1v) is 9.49. The van der Waals surface area contributed by atoms with E-state index in [1.807, 2.05) is 0 Å². The van der Waals surface area contributed by atoms with Gasteiger partial charge in [0, 0.05) is 12.7 Å². The van der Waals surface area contributed by atoms with Crippen LogP contribution < -0.4 is 10.1 Å². The Morgan fingerprint density at radius 3 is 2.67 bits per heavy atom. The Bertz CT molecular complexity index is 921. The lowest BCUT2D eigenvalue weighted by atomic mass is 10.2. The molecule has 1 aliphatic rings. The molecule has 1 saturated heterocycles. The van der Waals surface area contributed by atoms with Crippen molar-refractivity contribution in [2.24, 2.45) is 0 Å². The minimum atomic E-state index is -0.686. The Balaban J connectivity index is 1.49. The summed E-state index contributed by atoms with van der Waals surface area (Å²) in [5.74, 6) is -0.757. The van der Waals surface area contributed by atoms with E-state index < -0.39 is 23.4 Å². The third-order valence-electron chi connectivity index (χ3n) is 4.51. The molecule has 0 radical (unpaired) electrons. The van der Waals surface area contributed by atoms with E-state index in [2.05, 4.69) is 5.32 Å². The average molecular weight is 414 g/mol. The van der Waals surface area contributed by atoms with Crippen LogP contribution in [0.3, 0.4) is 0 Å². The molecule has 0 aliphatic carbocycles. The van der Waals surface area contributed by atoms with E-state index in [0.717, 1.165) is 19.4 Å². The molecule has 3 rings (SSSR count). The first-order chi connectivity index (χ1) is 14.4. The second-order valence-electron chi connectivity index (χ2n) is 6.87. The van der Waals surface area contributed by atoms with Crippen LogP contribution in [0.4, 0.5) is 11.4 Å². The summed E-state index contributed by atoms with van der Waals surface area (Å²) in [5.41, 5.74) is 0.760. The molecule has 1 atom stereocenters. The van der Waals surface area contributed by atoms with Gasteiger partial charge in [-0.2, -0.15) is 0 Å². The first kappa shape index (κ1) is 21.3. The summed E-state index contributed by atoms with van der Waals surface area (Å²) < 4.78 is 16.1. The highest BCUT2D eigenvalue weighted by Gasteiger charge is 2.18. The van der Waals surface area contributed by atoms with Crippen molar-refractivity contribution in [2.45, 2.75) is 25.9 Å². The first-order valence-electron chi connectivity index (χ1n) is 9.49. The summed E-state index contributed by atoms with van der Waals surface area (Å²) >= 11 is 0. The largest absolute Gasteiger partial charge is 0.491 e. The van der Waals surface area contributed by atoms with Gasteiger partial charge in [-0.1, -0.05) is 6.07 Å². The zero-order valence-electron chi connectivity index (χ0n) is 16.5. The fourth-order valence-corrected chi connectivity index (χ4v) is 2.95. The number of nitrogens with one attached hydrogen (secondary N) is 1. The molecule has 1 amide bonds. The Morgan fingerprint density at radius 1 is 1.23 bits per heavy atom. The molecule has 9 nitrogen and oxygen atoms in total. The third kappa shape index (κ3) is 5.77. The molecule has 2 aromatic carbocycles. The van der Waals surface area contributed by atoms with Crippen LogP contribution in [0.25, 0.3) is 0 Å². The number of nitro benzene ring substituents is 1. The summed E-state index contributed by atoms with van der Waals surface area (Å²) in [6.07, 6.45) is 2.10. The highest BCUT2D eigenvalue weighted by molar-refractivity contribution is 5.96. The maximum absolute atomic E-state index is 12.1. The van der Waals surface area contributed by atoms with Crippen LogP contribution in [0.1, 0.15) is 28.8 Å². The van der Waals surface area contributed by atoms with E-state index in [4.69, 9.17) is 14.2 Å². The van der Waals surface area contributed by atoms with Gasteiger partial charge in [0.25, 0.3) is 11.6 Å². The molecule has 30 heavy (non-hydrogen) atoms. The van der Waals surface area contributed by atoms with Gasteiger partial charge in [-0.25, -0.2) is 4.79 Å². The fourth-order valence-electron chi connectivity index (χ4n) is 2.95. The quantitative estimate of drug-likeness (QED) is 0.400. The van der Waals surface area contributed by atoms with Crippen molar-refractivity contribution < 1.29 is 28.7 Å². The van der Waals surface area contributed by atoms with Crippen LogP contribution in [-0.4, -0.2) is 42.7 Å². The normalized spacial score (nSPS) is 15.4. The summed E-state index contributed by atoms with van der Waals surface area (Å²) in [6, 6.07) is 10.8. The maximum atomic E-state index is 12.1. The smallest absolute Gasteiger partial charge is 0.338 e. The van der Waals surface area contributed by atoms with E-state index in [9.17, 15) is 19.7 Å². The number of hydrogen-bond acceptors (Lipinski definition) is 7. The second kappa shape index (κ2) is 9.84. The molecule has 0 saturated carbocycles. The molecule has 158 valence electrons. The summed E-state index contributed by atoms with van der Waals surface area (Å²) in [4.78, 5) is 34.7. The van der Waals surface area contributed by atoms with Gasteiger partial charge in [0.05, 0.1) is 16.6 Å². The van der Waals surface area contributed by atoms with E-state index in [1.54, 1.807) is 25.1 Å². The zero-order valence-corrected chi connectivity index (χ0v) is 16.5. The predicted molar refractivity (Wildman–Crippen MR) is 108 cm³/mol. The number of aryl methyl sites for hydroxylation is 1. The van der Waals surface area contributed by atoms with Crippen LogP contribution >= 0.6 is 0 Å². The van der Waals surface area contributed by atoms with E-state index >= 15 is 0 Å². The van der Waals surface area contributed by atoms with Crippen LogP contribution in [0.2, 0.25) is 0 Å². The second-order valence-corrected chi connectivity index (χ2v) is 6.87. The van der Waals surface area contributed by atoms with Crippen molar-refractivity contribution in [1.29, 1.82) is 0 Å². The number of esters is 1. The van der Waals surface area contributed by atoms with Crippen LogP contribution in [0, 0.1) is 17.0 Å². The van der Waals surface area contributed by atoms with Crippen molar-refractivity contribution in [3.8, 4) is 5.75 Å². The molecule has 1 fully saturated rings. The number of hydrogen-bond donors (Lipinski definition) is 1. The Morgan fingerprint density at radius 2 is 2.00 bits per heavy atom. The molecular formula is C21H22N2O7. The molecule has 1 heterocycles. The van der Waals surface area contributed by atoms with E-state index in [0.29, 0.717) is 17.9 Å². The Labute approximate surface area is 173 Å². The highest BCUT2D eigenvalue weighted by Crippen LogP contribution is 2.25. The number of amides is 1. The average Bonchev–Trinajstić information content (AvgIpc) is 3.25.